The second-order valence-electron chi connectivity index (χ2n) is 25.9. The third-order valence-corrected chi connectivity index (χ3v) is 18.2. The Kier molecular flexibility index (Phi) is 68.9. The number of allylic oxidation sites excluding steroid dienone is 14. The zero-order valence-corrected chi connectivity index (χ0v) is 63.7. The molecule has 0 heterocycles. The fraction of sp³-hybridized carbons (Fsp3) is 0.772. The van der Waals surface area contributed by atoms with E-state index in [4.69, 9.17) is 37.0 Å². The molecule has 0 aliphatic rings. The molecule has 3 N–H and O–H groups in total. The van der Waals surface area contributed by atoms with Crippen LogP contribution in [0, 0.1) is 0 Å². The van der Waals surface area contributed by atoms with Crippen molar-refractivity contribution >= 4 is 39.5 Å². The van der Waals surface area contributed by atoms with Crippen LogP contribution in [0.25, 0.3) is 0 Å². The van der Waals surface area contributed by atoms with Crippen molar-refractivity contribution in [2.75, 3.05) is 39.6 Å². The van der Waals surface area contributed by atoms with Gasteiger partial charge in [0.05, 0.1) is 26.4 Å². The molecular weight excluding hydrogens is 1280 g/mol. The van der Waals surface area contributed by atoms with Crippen LogP contribution in [0.3, 0.4) is 0 Å². The van der Waals surface area contributed by atoms with Gasteiger partial charge in [-0.3, -0.25) is 37.3 Å². The number of carbonyl (C=O) groups is 4. The van der Waals surface area contributed by atoms with E-state index >= 15 is 0 Å². The lowest BCUT2D eigenvalue weighted by molar-refractivity contribution is -0.161. The lowest BCUT2D eigenvalue weighted by Crippen LogP contribution is -2.30. The van der Waals surface area contributed by atoms with Gasteiger partial charge in [0.15, 0.2) is 12.2 Å². The van der Waals surface area contributed by atoms with E-state index in [0.717, 1.165) is 141 Å². The molecule has 0 spiro atoms. The molecule has 5 atom stereocenters. The monoisotopic (exact) mass is 1420 g/mol. The van der Waals surface area contributed by atoms with Gasteiger partial charge in [0.25, 0.3) is 0 Å². The summed E-state index contributed by atoms with van der Waals surface area (Å²) in [5.41, 5.74) is 0. The van der Waals surface area contributed by atoms with E-state index in [9.17, 15) is 43.2 Å². The average Bonchev–Trinajstić information content (AvgIpc) is 0.969. The maximum atomic E-state index is 13.1. The molecule has 0 aliphatic carbocycles. The number of phosphoric ester groups is 2. The number of carbonyl (C=O) groups excluding carboxylic acids is 4. The standard InChI is InChI=1S/C79H140O17P2/c1-5-9-13-17-21-25-29-33-35-36-38-42-44-48-52-56-60-64-77(82)90-70-75(96-79(84)66-62-58-54-50-46-40-32-28-24-20-16-12-8-4)72-94-98(87,88)92-68-73(80)67-91-97(85,86)93-71-74(95-78(83)65-61-57-53-49-45-39-31-27-23-19-15-11-7-3)69-89-76(81)63-59-55-51-47-43-41-37-34-30-26-22-18-14-10-6-2/h21,25,27-28,31-35,37-38,42,48,52,73-75,80H,5-20,22-24,26,29-30,36,39-41,43-47,49-51,53-72H2,1-4H3,(H,85,86)(H,87,88)/b25-21-,31-27-,32-28-,35-33-,37-34-,42-38-,52-48-/t73-,74+,75+/m0/s1. The van der Waals surface area contributed by atoms with E-state index in [2.05, 4.69) is 101 Å². The Hall–Kier alpha value is -3.76. The fourth-order valence-corrected chi connectivity index (χ4v) is 11.9. The molecule has 568 valence electrons. The third-order valence-electron chi connectivity index (χ3n) is 16.3. The summed E-state index contributed by atoms with van der Waals surface area (Å²) in [6.07, 6.45) is 72.9. The van der Waals surface area contributed by atoms with Crippen molar-refractivity contribution in [3.63, 3.8) is 0 Å². The van der Waals surface area contributed by atoms with E-state index in [1.807, 2.05) is 12.2 Å². The molecule has 0 rings (SSSR count). The van der Waals surface area contributed by atoms with Crippen molar-refractivity contribution in [1.29, 1.82) is 0 Å². The minimum absolute atomic E-state index is 0.0741. The van der Waals surface area contributed by atoms with Gasteiger partial charge >= 0.3 is 39.5 Å². The summed E-state index contributed by atoms with van der Waals surface area (Å²) in [4.78, 5) is 72.8. The first kappa shape index (κ1) is 94.2. The van der Waals surface area contributed by atoms with Gasteiger partial charge in [-0.25, -0.2) is 9.13 Å². The van der Waals surface area contributed by atoms with Crippen LogP contribution >= 0.6 is 15.6 Å². The second kappa shape index (κ2) is 71.6. The van der Waals surface area contributed by atoms with Crippen LogP contribution in [0.1, 0.15) is 336 Å². The number of rotatable bonds is 73. The summed E-state index contributed by atoms with van der Waals surface area (Å²) >= 11 is 0. The Morgan fingerprint density at radius 3 is 0.847 bits per heavy atom. The van der Waals surface area contributed by atoms with E-state index in [1.165, 1.54) is 109 Å². The summed E-state index contributed by atoms with van der Waals surface area (Å²) in [6.45, 7) is 4.75. The largest absolute Gasteiger partial charge is 0.472 e. The first-order valence-electron chi connectivity index (χ1n) is 38.8. The van der Waals surface area contributed by atoms with Crippen LogP contribution < -0.4 is 0 Å². The summed E-state index contributed by atoms with van der Waals surface area (Å²) in [5.74, 6) is -2.25. The summed E-state index contributed by atoms with van der Waals surface area (Å²) in [6, 6.07) is 0. The van der Waals surface area contributed by atoms with Crippen molar-refractivity contribution in [2.45, 2.75) is 354 Å². The molecule has 0 saturated heterocycles. The van der Waals surface area contributed by atoms with Crippen molar-refractivity contribution in [2.24, 2.45) is 0 Å². The number of ether oxygens (including phenoxy) is 4. The molecule has 0 bridgehead atoms. The first-order chi connectivity index (χ1) is 47.7. The summed E-state index contributed by atoms with van der Waals surface area (Å²) in [5, 5.41) is 10.6. The van der Waals surface area contributed by atoms with Gasteiger partial charge in [-0.05, 0) is 141 Å². The van der Waals surface area contributed by atoms with Crippen molar-refractivity contribution < 1.29 is 80.2 Å². The average molecular weight is 1420 g/mol. The predicted molar refractivity (Wildman–Crippen MR) is 399 cm³/mol. The Balaban J connectivity index is 5.38. The molecule has 0 amide bonds. The van der Waals surface area contributed by atoms with Gasteiger partial charge in [0, 0.05) is 25.7 Å². The van der Waals surface area contributed by atoms with Crippen LogP contribution in [-0.2, 0) is 65.4 Å². The van der Waals surface area contributed by atoms with Gasteiger partial charge in [0.1, 0.15) is 19.3 Å². The molecule has 0 aromatic heterocycles. The number of hydrogen-bond acceptors (Lipinski definition) is 15. The van der Waals surface area contributed by atoms with Crippen molar-refractivity contribution in [1.82, 2.24) is 0 Å². The van der Waals surface area contributed by atoms with Crippen molar-refractivity contribution in [3.05, 3.63) is 85.1 Å². The molecule has 0 aromatic carbocycles. The molecular formula is C79H140O17P2. The lowest BCUT2D eigenvalue weighted by atomic mass is 10.1. The zero-order valence-electron chi connectivity index (χ0n) is 62.0. The van der Waals surface area contributed by atoms with Crippen LogP contribution in [0.15, 0.2) is 85.1 Å². The Labute approximate surface area is 595 Å². The quantitative estimate of drug-likeness (QED) is 0.0169. The highest BCUT2D eigenvalue weighted by Gasteiger charge is 2.30. The van der Waals surface area contributed by atoms with Gasteiger partial charge in [0.2, 0.25) is 0 Å². The van der Waals surface area contributed by atoms with Crippen LogP contribution in [0.5, 0.6) is 0 Å². The van der Waals surface area contributed by atoms with E-state index in [-0.39, 0.29) is 25.7 Å². The molecule has 0 fully saturated rings. The van der Waals surface area contributed by atoms with E-state index in [1.54, 1.807) is 0 Å². The van der Waals surface area contributed by atoms with Gasteiger partial charge in [-0.1, -0.05) is 254 Å². The van der Waals surface area contributed by atoms with E-state index in [0.29, 0.717) is 32.1 Å². The number of unbranched alkanes of at least 4 members (excludes halogenated alkanes) is 33. The summed E-state index contributed by atoms with van der Waals surface area (Å²) < 4.78 is 68.4. The maximum absolute atomic E-state index is 13.1. The molecule has 2 unspecified atom stereocenters. The Morgan fingerprint density at radius 1 is 0.286 bits per heavy atom. The highest BCUT2D eigenvalue weighted by atomic mass is 31.2. The SMILES string of the molecule is CCCCC/C=C\C/C=C\C/C=C\C/C=C\CCCC(=O)OC[C@H](COP(=O)(O)OC[C@@H](O)COP(=O)(O)OC[C@@H](COC(=O)CCCCCCC/C=C\CCCCCCCC)OC(=O)CCCCCCC/C=C\CCCCCC)OC(=O)CCCCCCC/C=C\CCCCCC. The Morgan fingerprint density at radius 2 is 0.510 bits per heavy atom. The number of hydrogen-bond donors (Lipinski definition) is 3. The normalized spacial score (nSPS) is 14.4. The molecule has 0 aliphatic heterocycles. The number of phosphoric acid groups is 2. The van der Waals surface area contributed by atoms with Gasteiger partial charge in [-0.15, -0.1) is 0 Å². The smallest absolute Gasteiger partial charge is 0.462 e. The highest BCUT2D eigenvalue weighted by Crippen LogP contribution is 2.45. The fourth-order valence-electron chi connectivity index (χ4n) is 10.3. The first-order valence-corrected chi connectivity index (χ1v) is 41.8. The molecule has 19 heteroatoms. The summed E-state index contributed by atoms with van der Waals surface area (Å²) in [7, 11) is -9.96. The molecule has 17 nitrogen and oxygen atoms in total. The zero-order chi connectivity index (χ0) is 71.8. The molecule has 0 saturated carbocycles. The van der Waals surface area contributed by atoms with Gasteiger partial charge in [-0.2, -0.15) is 0 Å². The van der Waals surface area contributed by atoms with Crippen LogP contribution in [-0.4, -0.2) is 96.7 Å². The number of aliphatic hydroxyl groups excluding tert-OH is 1. The minimum atomic E-state index is -4.98. The minimum Gasteiger partial charge on any atom is -0.462 e. The van der Waals surface area contributed by atoms with Crippen LogP contribution in [0.2, 0.25) is 0 Å². The predicted octanol–water partition coefficient (Wildman–Crippen LogP) is 22.2. The van der Waals surface area contributed by atoms with E-state index < -0.39 is 97.5 Å². The third kappa shape index (κ3) is 70.7. The Bertz CT molecular complexity index is 2190. The second-order valence-corrected chi connectivity index (χ2v) is 28.8. The number of aliphatic hydroxyl groups is 1. The molecule has 0 aromatic rings. The topological polar surface area (TPSA) is 237 Å². The van der Waals surface area contributed by atoms with Crippen LogP contribution in [0.4, 0.5) is 0 Å². The molecule has 98 heavy (non-hydrogen) atoms. The lowest BCUT2D eigenvalue weighted by Gasteiger charge is -2.21. The number of esters is 4. The van der Waals surface area contributed by atoms with Gasteiger partial charge < -0.3 is 33.8 Å². The highest BCUT2D eigenvalue weighted by molar-refractivity contribution is 7.47. The molecule has 0 radical (unpaired) electrons. The van der Waals surface area contributed by atoms with Crippen molar-refractivity contribution in [3.8, 4) is 0 Å². The maximum Gasteiger partial charge on any atom is 0.472 e.